The predicted octanol–water partition coefficient (Wildman–Crippen LogP) is -4.88. The molecule has 3 aliphatic rings. The highest BCUT2D eigenvalue weighted by molar-refractivity contribution is 7.98. The van der Waals surface area contributed by atoms with Gasteiger partial charge >= 0.3 is 5.97 Å². The number of carboxylic acids is 1. The van der Waals surface area contributed by atoms with Gasteiger partial charge < -0.3 is 107 Å². The van der Waals surface area contributed by atoms with Gasteiger partial charge in [0.2, 0.25) is 65.0 Å². The Kier molecular flexibility index (Phi) is 34.3. The van der Waals surface area contributed by atoms with Crippen LogP contribution in [0.5, 0.6) is 0 Å². The van der Waals surface area contributed by atoms with E-state index in [-0.39, 0.29) is 128 Å². The van der Waals surface area contributed by atoms with E-state index in [0.717, 1.165) is 0 Å². The average molecular weight is 1420 g/mol. The third-order valence-corrected chi connectivity index (χ3v) is 17.9. The number of hydrogen-bond donors (Lipinski definition) is 17. The normalized spacial score (nSPS) is 18.1. The van der Waals surface area contributed by atoms with Crippen molar-refractivity contribution >= 4 is 94.6 Å². The molecule has 1 aromatic carbocycles. The summed E-state index contributed by atoms with van der Waals surface area (Å²) in [5.41, 5.74) is 35.0. The fourth-order valence-electron chi connectivity index (χ4n) is 12.1. The number of nitrogens with two attached hydrogens (primary N) is 6. The number of nitrogens with zero attached hydrogens (tertiary/aromatic N) is 6. The predicted molar refractivity (Wildman–Crippen MR) is 371 cm³/mol. The van der Waals surface area contributed by atoms with Crippen LogP contribution in [0.25, 0.3) is 0 Å². The van der Waals surface area contributed by atoms with Crippen LogP contribution in [0.2, 0.25) is 0 Å². The number of aliphatic imine (C=N–C) groups is 2. The van der Waals surface area contributed by atoms with Gasteiger partial charge in [0, 0.05) is 57.5 Å². The Labute approximate surface area is 585 Å². The molecule has 1 aromatic heterocycles. The minimum absolute atomic E-state index is 0.00231. The molecule has 35 nitrogen and oxygen atoms in total. The number of aliphatic carboxylic acids is 1. The molecule has 0 bridgehead atoms. The Morgan fingerprint density at radius 1 is 0.600 bits per heavy atom. The molecule has 554 valence electrons. The van der Waals surface area contributed by atoms with E-state index in [2.05, 4.69) is 62.5 Å². The topological polar surface area (TPSA) is 561 Å². The van der Waals surface area contributed by atoms with Crippen LogP contribution in [-0.2, 0) is 70.4 Å². The number of benzene rings is 1. The molecule has 0 aliphatic carbocycles. The number of nitrogens with one attached hydrogen (secondary N) is 9. The second kappa shape index (κ2) is 42.1. The number of imidazole rings is 1. The second-order valence-electron chi connectivity index (χ2n) is 25.5. The molecule has 5 rings (SSSR count). The van der Waals surface area contributed by atoms with Crippen molar-refractivity contribution < 1.29 is 67.7 Å². The van der Waals surface area contributed by atoms with Gasteiger partial charge in [-0.05, 0) is 126 Å². The van der Waals surface area contributed by atoms with Crippen molar-refractivity contribution in [1.82, 2.24) is 67.2 Å². The lowest BCUT2D eigenvalue weighted by molar-refractivity contribution is -0.145. The maximum Gasteiger partial charge on any atom is 0.326 e. The van der Waals surface area contributed by atoms with Crippen LogP contribution in [0.4, 0.5) is 0 Å². The van der Waals surface area contributed by atoms with Gasteiger partial charge in [-0.3, -0.25) is 62.7 Å². The molecule has 3 saturated heterocycles. The number of carbonyl (C=O) groups excluding carboxylic acids is 11. The highest BCUT2D eigenvalue weighted by atomic mass is 32.2. The molecule has 4 heterocycles. The first-order chi connectivity index (χ1) is 47.8. The lowest BCUT2D eigenvalue weighted by atomic mass is 10.0. The number of guanidine groups is 2. The number of unbranched alkanes of at least 4 members (excludes halogenated alkanes) is 1. The molecule has 11 atom stereocenters. The van der Waals surface area contributed by atoms with E-state index in [1.165, 1.54) is 39.0 Å². The lowest BCUT2D eigenvalue weighted by Gasteiger charge is -2.31. The number of aromatic nitrogens is 2. The first kappa shape index (κ1) is 81.5. The second-order valence-corrected chi connectivity index (χ2v) is 26.4. The van der Waals surface area contributed by atoms with Crippen LogP contribution in [0.15, 0.2) is 52.8 Å². The van der Waals surface area contributed by atoms with Crippen molar-refractivity contribution in [3.63, 3.8) is 0 Å². The summed E-state index contributed by atoms with van der Waals surface area (Å²) in [5.74, 6) is -9.42. The summed E-state index contributed by atoms with van der Waals surface area (Å²) in [5, 5.41) is 41.7. The minimum Gasteiger partial charge on any atom is -0.480 e. The summed E-state index contributed by atoms with van der Waals surface area (Å²) in [6.07, 6.45) is 8.11. The molecule has 0 spiro atoms. The van der Waals surface area contributed by atoms with Gasteiger partial charge in [-0.1, -0.05) is 44.2 Å². The van der Waals surface area contributed by atoms with Crippen molar-refractivity contribution in [2.24, 2.45) is 50.3 Å². The molecule has 0 saturated carbocycles. The number of likely N-dealkylation sites (tertiary alicyclic amines) is 3. The number of carboxylic acid groups (broad SMARTS) is 1. The third kappa shape index (κ3) is 26.2. The van der Waals surface area contributed by atoms with E-state index in [9.17, 15) is 67.7 Å². The van der Waals surface area contributed by atoms with Gasteiger partial charge in [-0.15, -0.1) is 0 Å². The number of H-pyrrole nitrogens is 1. The Morgan fingerprint density at radius 3 is 1.66 bits per heavy atom. The van der Waals surface area contributed by atoms with Gasteiger partial charge in [-0.2, -0.15) is 11.8 Å². The monoisotopic (exact) mass is 1420 g/mol. The zero-order chi connectivity index (χ0) is 73.4. The average Bonchev–Trinajstić information content (AvgIpc) is 1.65. The summed E-state index contributed by atoms with van der Waals surface area (Å²) in [6, 6.07) is -4.81. The third-order valence-electron chi connectivity index (χ3n) is 17.3. The van der Waals surface area contributed by atoms with Crippen LogP contribution in [0, 0.1) is 5.92 Å². The lowest BCUT2D eigenvalue weighted by Crippen LogP contribution is -2.61. The minimum atomic E-state index is -1.73. The Morgan fingerprint density at radius 2 is 1.10 bits per heavy atom. The molecule has 0 unspecified atom stereocenters. The summed E-state index contributed by atoms with van der Waals surface area (Å²) in [4.78, 5) is 186. The maximum absolute atomic E-state index is 14.4. The molecule has 2 aromatic rings. The number of aliphatic hydroxyl groups is 1. The molecule has 3 aliphatic heterocycles. The number of carbonyl (C=O) groups is 12. The van der Waals surface area contributed by atoms with E-state index in [0.29, 0.717) is 55.5 Å². The van der Waals surface area contributed by atoms with Crippen molar-refractivity contribution in [2.75, 3.05) is 64.4 Å². The zero-order valence-corrected chi connectivity index (χ0v) is 58.0. The quantitative estimate of drug-likeness (QED) is 0.0168. The maximum atomic E-state index is 14.4. The van der Waals surface area contributed by atoms with E-state index >= 15 is 0 Å². The summed E-state index contributed by atoms with van der Waals surface area (Å²) >= 11 is 1.43. The van der Waals surface area contributed by atoms with Crippen LogP contribution < -0.4 is 76.9 Å². The van der Waals surface area contributed by atoms with Gasteiger partial charge in [0.1, 0.15) is 60.4 Å². The first-order valence-electron chi connectivity index (χ1n) is 34.0. The fourth-order valence-corrected chi connectivity index (χ4v) is 12.6. The smallest absolute Gasteiger partial charge is 0.326 e. The molecular weight excluding hydrogens is 1320 g/mol. The fraction of sp³-hybridized carbons (Fsp3) is 0.641. The number of amides is 11. The summed E-state index contributed by atoms with van der Waals surface area (Å²) < 4.78 is 0. The van der Waals surface area contributed by atoms with Crippen LogP contribution in [-0.4, -0.2) is 249 Å². The summed E-state index contributed by atoms with van der Waals surface area (Å²) in [7, 11) is 0. The molecule has 36 heteroatoms. The van der Waals surface area contributed by atoms with Crippen molar-refractivity contribution in [2.45, 2.75) is 189 Å². The van der Waals surface area contributed by atoms with Crippen LogP contribution in [0.1, 0.15) is 121 Å². The van der Waals surface area contributed by atoms with E-state index in [4.69, 9.17) is 34.4 Å². The van der Waals surface area contributed by atoms with Gasteiger partial charge in [0.05, 0.1) is 25.5 Å². The molecular formula is C64H103N21O14S. The van der Waals surface area contributed by atoms with Gasteiger partial charge in [-0.25, -0.2) is 9.78 Å². The van der Waals surface area contributed by atoms with E-state index < -0.39 is 151 Å². The van der Waals surface area contributed by atoms with Crippen LogP contribution >= 0.6 is 11.8 Å². The van der Waals surface area contributed by atoms with Gasteiger partial charge in [0.15, 0.2) is 11.9 Å². The van der Waals surface area contributed by atoms with Crippen molar-refractivity contribution in [1.29, 1.82) is 0 Å². The molecule has 23 N–H and O–H groups in total. The summed E-state index contributed by atoms with van der Waals surface area (Å²) in [6.45, 7) is 3.00. The van der Waals surface area contributed by atoms with Crippen molar-refractivity contribution in [3.05, 3.63) is 54.1 Å². The molecule has 11 amide bonds. The number of thioether (sulfide) groups is 1. The highest BCUT2D eigenvalue weighted by Gasteiger charge is 2.43. The Bertz CT molecular complexity index is 3120. The molecule has 0 radical (unpaired) electrons. The largest absolute Gasteiger partial charge is 0.480 e. The Hall–Kier alpha value is -9.16. The van der Waals surface area contributed by atoms with Gasteiger partial charge in [0.25, 0.3) is 0 Å². The molecule has 3 fully saturated rings. The molecule has 100 heavy (non-hydrogen) atoms. The Balaban J connectivity index is 1.24. The number of hydrogen-bond acceptors (Lipinski definition) is 19. The zero-order valence-electron chi connectivity index (χ0n) is 57.2. The number of rotatable bonds is 42. The van der Waals surface area contributed by atoms with E-state index in [1.807, 2.05) is 6.26 Å². The first-order valence-corrected chi connectivity index (χ1v) is 35.4. The number of aromatic amines is 1. The van der Waals surface area contributed by atoms with E-state index in [1.54, 1.807) is 44.2 Å². The van der Waals surface area contributed by atoms with Crippen molar-refractivity contribution in [3.8, 4) is 0 Å². The standard InChI is InChI=1S/C64H103N21O14S/c1-37(2)30-44(79-53(89)42(18-10-25-73-64(69)70)77-58(94)49-20-12-27-84(49)60(96)40(66)16-9-24-72-63(67)68)54(90)82-47(35-86)56(92)80-45(32-39-33-71-36-75-39)55(91)76-41(17-7-8-23-65)52(88)74-34-51(87)83-26-11-19-48(83)57(93)78-43(22-29-100-3)61(97)85-28-13-21-50(85)59(95)81-46(62(98)99)31-38-14-5-4-6-15-38/h4-6,14-15,33,36-37,40-50,86H,7-13,16-32,34-35,65-66H2,1-3H3,(H,71,75)(H,74,88)(H,76,91)(H,77,94)(H,78,93)(H,79,89)(H,80,92)(H,81,95)(H,82,90)(H,98,99)(H4,67,68,72)(H4,69,70,73)/t40-,41-,42-,43-,44-,45-,46-,47-,48-,49-,50-/m0/s1. The highest BCUT2D eigenvalue weighted by Crippen LogP contribution is 2.24. The SMILES string of the molecule is CSCC[C@H](NC(=O)[C@@H]1CCCN1C(=O)CNC(=O)[C@H](CCCCN)NC(=O)[C@H](Cc1cnc[nH]1)NC(=O)[C@H](CO)NC(=O)[C@H](CC(C)C)NC(=O)[C@H](CCCN=C(N)N)NC(=O)[C@@H]1CCCN1C(=O)[C@@H](N)CCCN=C(N)N)C(=O)N1CCC[C@H]1C(=O)N[C@@H](Cc1ccccc1)C(=O)O. The number of aliphatic hydroxyl groups excluding tert-OH is 1. The van der Waals surface area contributed by atoms with Crippen LogP contribution in [0.3, 0.4) is 0 Å².